The molecule has 1 saturated heterocycles. The summed E-state index contributed by atoms with van der Waals surface area (Å²) in [7, 11) is 0. The van der Waals surface area contributed by atoms with Crippen LogP contribution in [-0.2, 0) is 5.60 Å². The summed E-state index contributed by atoms with van der Waals surface area (Å²) in [5, 5.41) is 11.6. The fourth-order valence-electron chi connectivity index (χ4n) is 2.66. The molecular weight excluding hydrogens is 246 g/mol. The summed E-state index contributed by atoms with van der Waals surface area (Å²) in [4.78, 5) is 2.40. The molecule has 0 amide bonds. The van der Waals surface area contributed by atoms with Crippen molar-refractivity contribution < 1.29 is 5.11 Å². The summed E-state index contributed by atoms with van der Waals surface area (Å²) in [6.07, 6.45) is 2.65. The molecule has 1 aliphatic heterocycles. The molecule has 1 aliphatic rings. The summed E-state index contributed by atoms with van der Waals surface area (Å²) < 4.78 is 0. The lowest BCUT2D eigenvalue weighted by Crippen LogP contribution is -2.29. The van der Waals surface area contributed by atoms with Gasteiger partial charge in [-0.05, 0) is 56.5 Å². The fraction of sp³-hybridized carbons (Fsp3) is 0.600. The first-order chi connectivity index (χ1) is 8.55. The molecule has 0 radical (unpaired) electrons. The highest BCUT2D eigenvalue weighted by Crippen LogP contribution is 2.34. The normalized spacial score (nSPS) is 26.0. The minimum Gasteiger partial charge on any atom is -0.385 e. The maximum Gasteiger partial charge on any atom is 0.0909 e. The van der Waals surface area contributed by atoms with Crippen LogP contribution in [0.3, 0.4) is 0 Å². The third kappa shape index (κ3) is 2.87. The molecule has 1 fully saturated rings. The molecule has 1 aromatic rings. The Bertz CT molecular complexity index is 421. The van der Waals surface area contributed by atoms with Gasteiger partial charge in [0, 0.05) is 11.6 Å². The van der Waals surface area contributed by atoms with Crippen LogP contribution in [0.15, 0.2) is 18.2 Å². The van der Waals surface area contributed by atoms with Crippen LogP contribution in [0, 0.1) is 6.92 Å². The zero-order chi connectivity index (χ0) is 13.2. The smallest absolute Gasteiger partial charge is 0.0909 e. The van der Waals surface area contributed by atoms with E-state index in [0.717, 1.165) is 55.0 Å². The van der Waals surface area contributed by atoms with Gasteiger partial charge in [0.1, 0.15) is 0 Å². The van der Waals surface area contributed by atoms with E-state index in [-0.39, 0.29) is 0 Å². The molecule has 2 rings (SSSR count). The minimum atomic E-state index is -0.707. The number of hydrogen-bond acceptors (Lipinski definition) is 2. The van der Waals surface area contributed by atoms with Gasteiger partial charge in [0.25, 0.3) is 0 Å². The lowest BCUT2D eigenvalue weighted by Gasteiger charge is -2.28. The van der Waals surface area contributed by atoms with Crippen molar-refractivity contribution in [2.75, 3.05) is 19.6 Å². The quantitative estimate of drug-likeness (QED) is 0.888. The van der Waals surface area contributed by atoms with Crippen molar-refractivity contribution in [1.82, 2.24) is 4.90 Å². The molecule has 0 aromatic heterocycles. The Morgan fingerprint density at radius 3 is 2.78 bits per heavy atom. The average molecular weight is 268 g/mol. The Kier molecular flexibility index (Phi) is 4.31. The summed E-state index contributed by atoms with van der Waals surface area (Å²) >= 11 is 6.17. The van der Waals surface area contributed by atoms with Gasteiger partial charge in [-0.25, -0.2) is 0 Å². The predicted octanol–water partition coefficient (Wildman–Crippen LogP) is 3.34. The van der Waals surface area contributed by atoms with Crippen LogP contribution in [0.1, 0.15) is 37.3 Å². The Balaban J connectivity index is 2.21. The zero-order valence-electron chi connectivity index (χ0n) is 11.2. The minimum absolute atomic E-state index is 0.707. The lowest BCUT2D eigenvalue weighted by molar-refractivity contribution is 0.0214. The molecule has 0 saturated carbocycles. The Labute approximate surface area is 115 Å². The number of likely N-dealkylation sites (tertiary alicyclic amines) is 1. The molecule has 1 heterocycles. The highest BCUT2D eigenvalue weighted by atomic mass is 35.5. The van der Waals surface area contributed by atoms with E-state index < -0.39 is 5.60 Å². The second-order valence-corrected chi connectivity index (χ2v) is 5.69. The first-order valence-electron chi connectivity index (χ1n) is 6.76. The van der Waals surface area contributed by atoms with Crippen LogP contribution in [0.4, 0.5) is 0 Å². The van der Waals surface area contributed by atoms with E-state index in [1.165, 1.54) is 0 Å². The van der Waals surface area contributed by atoms with Gasteiger partial charge in [0.2, 0.25) is 0 Å². The van der Waals surface area contributed by atoms with Crippen LogP contribution in [0.5, 0.6) is 0 Å². The summed E-state index contributed by atoms with van der Waals surface area (Å²) in [6.45, 7) is 7.26. The number of aliphatic hydroxyl groups is 1. The van der Waals surface area contributed by atoms with Crippen LogP contribution in [-0.4, -0.2) is 29.6 Å². The maximum absolute atomic E-state index is 10.9. The van der Waals surface area contributed by atoms with Crippen LogP contribution in [0.25, 0.3) is 0 Å². The topological polar surface area (TPSA) is 23.5 Å². The van der Waals surface area contributed by atoms with Crippen molar-refractivity contribution in [3.63, 3.8) is 0 Å². The van der Waals surface area contributed by atoms with Crippen molar-refractivity contribution in [1.29, 1.82) is 0 Å². The van der Waals surface area contributed by atoms with Crippen molar-refractivity contribution in [3.8, 4) is 0 Å². The van der Waals surface area contributed by atoms with E-state index in [2.05, 4.69) is 11.8 Å². The van der Waals surface area contributed by atoms with Gasteiger partial charge >= 0.3 is 0 Å². The lowest BCUT2D eigenvalue weighted by atomic mass is 9.86. The second kappa shape index (κ2) is 5.60. The van der Waals surface area contributed by atoms with Gasteiger partial charge < -0.3 is 10.0 Å². The molecule has 3 heteroatoms. The first kappa shape index (κ1) is 13.9. The van der Waals surface area contributed by atoms with E-state index >= 15 is 0 Å². The van der Waals surface area contributed by atoms with Crippen molar-refractivity contribution in [2.24, 2.45) is 0 Å². The highest BCUT2D eigenvalue weighted by Gasteiger charge is 2.31. The third-order valence-electron chi connectivity index (χ3n) is 4.06. The first-order valence-corrected chi connectivity index (χ1v) is 7.14. The van der Waals surface area contributed by atoms with Crippen molar-refractivity contribution in [3.05, 3.63) is 34.3 Å². The largest absolute Gasteiger partial charge is 0.385 e. The van der Waals surface area contributed by atoms with E-state index in [9.17, 15) is 5.11 Å². The molecule has 100 valence electrons. The molecule has 0 bridgehead atoms. The number of halogens is 1. The van der Waals surface area contributed by atoms with Gasteiger partial charge in [0.15, 0.2) is 0 Å². The number of aryl methyl sites for hydroxylation is 1. The van der Waals surface area contributed by atoms with Crippen molar-refractivity contribution >= 4 is 11.6 Å². The molecule has 1 atom stereocenters. The molecule has 0 spiro atoms. The molecular formula is C15H22ClNO. The molecule has 1 aromatic carbocycles. The SMILES string of the molecule is CCN1CCCC(O)(c2ccc(C)c(Cl)c2)CC1. The van der Waals surface area contributed by atoms with Gasteiger partial charge in [0.05, 0.1) is 5.60 Å². The Morgan fingerprint density at radius 2 is 2.11 bits per heavy atom. The van der Waals surface area contributed by atoms with Gasteiger partial charge in [-0.3, -0.25) is 0 Å². The van der Waals surface area contributed by atoms with Crippen molar-refractivity contribution in [2.45, 2.75) is 38.7 Å². The monoisotopic (exact) mass is 267 g/mol. The predicted molar refractivity (Wildman–Crippen MR) is 76.1 cm³/mol. The molecule has 1 N–H and O–H groups in total. The van der Waals surface area contributed by atoms with Crippen LogP contribution < -0.4 is 0 Å². The maximum atomic E-state index is 10.9. The van der Waals surface area contributed by atoms with E-state index in [4.69, 9.17) is 11.6 Å². The number of hydrogen-bond donors (Lipinski definition) is 1. The molecule has 18 heavy (non-hydrogen) atoms. The fourth-order valence-corrected chi connectivity index (χ4v) is 2.84. The number of rotatable bonds is 2. The van der Waals surface area contributed by atoms with Gasteiger partial charge in [-0.2, -0.15) is 0 Å². The number of nitrogens with zero attached hydrogens (tertiary/aromatic N) is 1. The highest BCUT2D eigenvalue weighted by molar-refractivity contribution is 6.31. The molecule has 0 aliphatic carbocycles. The summed E-state index contributed by atoms with van der Waals surface area (Å²) in [6, 6.07) is 5.94. The standard InChI is InChI=1S/C15H22ClNO/c1-3-17-9-4-7-15(18,8-10-17)13-6-5-12(2)14(16)11-13/h5-6,11,18H,3-4,7-10H2,1-2H3. The third-order valence-corrected chi connectivity index (χ3v) is 4.47. The van der Waals surface area contributed by atoms with Gasteiger partial charge in [-0.15, -0.1) is 0 Å². The van der Waals surface area contributed by atoms with E-state index in [1.54, 1.807) is 0 Å². The van der Waals surface area contributed by atoms with Crippen LogP contribution >= 0.6 is 11.6 Å². The zero-order valence-corrected chi connectivity index (χ0v) is 12.0. The summed E-state index contributed by atoms with van der Waals surface area (Å²) in [5.74, 6) is 0. The Morgan fingerprint density at radius 1 is 1.33 bits per heavy atom. The molecule has 2 nitrogen and oxygen atoms in total. The Hall–Kier alpha value is -0.570. The summed E-state index contributed by atoms with van der Waals surface area (Å²) in [5.41, 5.74) is 1.32. The second-order valence-electron chi connectivity index (χ2n) is 5.28. The van der Waals surface area contributed by atoms with Crippen LogP contribution in [0.2, 0.25) is 5.02 Å². The van der Waals surface area contributed by atoms with E-state index in [1.807, 2.05) is 25.1 Å². The molecule has 1 unspecified atom stereocenters. The van der Waals surface area contributed by atoms with E-state index in [0.29, 0.717) is 0 Å². The van der Waals surface area contributed by atoms with Gasteiger partial charge in [-0.1, -0.05) is 30.7 Å². The number of benzene rings is 1. The average Bonchev–Trinajstić information content (AvgIpc) is 2.55.